The molecule has 0 atom stereocenters. The topological polar surface area (TPSA) is 102 Å². The summed E-state index contributed by atoms with van der Waals surface area (Å²) < 4.78 is 1.79. The fourth-order valence-corrected chi connectivity index (χ4v) is 3.55. The van der Waals surface area contributed by atoms with Gasteiger partial charge in [-0.05, 0) is 54.6 Å². The number of hydrogen-bond donors (Lipinski definition) is 2. The molecule has 0 spiro atoms. The van der Waals surface area contributed by atoms with E-state index in [1.807, 2.05) is 48.7 Å². The highest BCUT2D eigenvalue weighted by atomic mass is 32.2. The van der Waals surface area contributed by atoms with E-state index in [0.29, 0.717) is 16.4 Å². The van der Waals surface area contributed by atoms with E-state index in [1.165, 1.54) is 18.7 Å². The number of carbonyl (C=O) groups excluding carboxylic acids is 2. The molecule has 0 saturated heterocycles. The minimum absolute atomic E-state index is 0.142. The molecule has 0 saturated carbocycles. The first-order valence-corrected chi connectivity index (χ1v) is 10.8. The van der Waals surface area contributed by atoms with Crippen LogP contribution in [0.4, 0.5) is 11.4 Å². The number of aromatic nitrogens is 4. The lowest BCUT2D eigenvalue weighted by atomic mass is 10.1. The number of anilines is 2. The quantitative estimate of drug-likeness (QED) is 0.418. The number of amides is 2. The van der Waals surface area contributed by atoms with Gasteiger partial charge in [0.15, 0.2) is 0 Å². The van der Waals surface area contributed by atoms with Crippen molar-refractivity contribution in [2.24, 2.45) is 0 Å². The second-order valence-electron chi connectivity index (χ2n) is 6.85. The third kappa shape index (κ3) is 5.58. The molecule has 0 bridgehead atoms. The standard InChI is InChI=1S/C23H20N6O2S/c1-16(30)25-18-5-7-19(8-6-18)26-22(31)15-32-23-12-11-21(27-28-23)17-3-9-20(10-4-17)29-14-2-13-24-29/h2-14H,15H2,1H3,(H,25,30)(H,26,31). The van der Waals surface area contributed by atoms with Crippen LogP contribution in [-0.4, -0.2) is 37.5 Å². The predicted molar refractivity (Wildman–Crippen MR) is 125 cm³/mol. The Bertz CT molecular complexity index is 1190. The number of benzene rings is 2. The van der Waals surface area contributed by atoms with E-state index < -0.39 is 0 Å². The average molecular weight is 445 g/mol. The molecule has 2 N–H and O–H groups in total. The Morgan fingerprint density at radius 2 is 1.62 bits per heavy atom. The molecule has 2 heterocycles. The summed E-state index contributed by atoms with van der Waals surface area (Å²) in [6.07, 6.45) is 3.62. The number of nitrogens with zero attached hydrogens (tertiary/aromatic N) is 4. The Hall–Kier alpha value is -3.98. The molecule has 4 aromatic rings. The highest BCUT2D eigenvalue weighted by Crippen LogP contribution is 2.21. The zero-order chi connectivity index (χ0) is 22.3. The Morgan fingerprint density at radius 1 is 0.906 bits per heavy atom. The van der Waals surface area contributed by atoms with Crippen molar-refractivity contribution in [2.45, 2.75) is 11.9 Å². The van der Waals surface area contributed by atoms with E-state index in [9.17, 15) is 9.59 Å². The molecule has 4 rings (SSSR count). The first-order chi connectivity index (χ1) is 15.6. The number of thioether (sulfide) groups is 1. The largest absolute Gasteiger partial charge is 0.326 e. The van der Waals surface area contributed by atoms with Crippen LogP contribution in [0, 0.1) is 0 Å². The minimum atomic E-state index is -0.151. The molecule has 0 radical (unpaired) electrons. The maximum absolute atomic E-state index is 12.2. The third-order valence-corrected chi connectivity index (χ3v) is 5.33. The lowest BCUT2D eigenvalue weighted by molar-refractivity contribution is -0.114. The van der Waals surface area contributed by atoms with Crippen molar-refractivity contribution in [3.63, 3.8) is 0 Å². The molecule has 2 amide bonds. The normalized spacial score (nSPS) is 10.5. The summed E-state index contributed by atoms with van der Waals surface area (Å²) in [5, 5.41) is 18.9. The summed E-state index contributed by atoms with van der Waals surface area (Å²) in [4.78, 5) is 23.3. The van der Waals surface area contributed by atoms with Crippen LogP contribution in [0.1, 0.15) is 6.92 Å². The monoisotopic (exact) mass is 444 g/mol. The SMILES string of the molecule is CC(=O)Nc1ccc(NC(=O)CSc2ccc(-c3ccc(-n4cccn4)cc3)nn2)cc1. The fraction of sp³-hybridized carbons (Fsp3) is 0.0870. The Labute approximate surface area is 189 Å². The van der Waals surface area contributed by atoms with E-state index in [1.54, 1.807) is 35.1 Å². The van der Waals surface area contributed by atoms with E-state index in [2.05, 4.69) is 25.9 Å². The molecule has 0 aliphatic rings. The molecule has 0 aliphatic carbocycles. The van der Waals surface area contributed by atoms with Gasteiger partial charge in [0.25, 0.3) is 0 Å². The second kappa shape index (κ2) is 9.88. The summed E-state index contributed by atoms with van der Waals surface area (Å²) in [5.74, 6) is -0.0843. The maximum Gasteiger partial charge on any atom is 0.234 e. The highest BCUT2D eigenvalue weighted by molar-refractivity contribution is 7.99. The van der Waals surface area contributed by atoms with Crippen LogP contribution in [0.25, 0.3) is 16.9 Å². The smallest absolute Gasteiger partial charge is 0.234 e. The maximum atomic E-state index is 12.2. The van der Waals surface area contributed by atoms with Crippen LogP contribution >= 0.6 is 11.8 Å². The summed E-state index contributed by atoms with van der Waals surface area (Å²) in [6, 6.07) is 20.4. The fourth-order valence-electron chi connectivity index (χ4n) is 2.93. The van der Waals surface area contributed by atoms with Crippen molar-refractivity contribution in [3.05, 3.63) is 79.1 Å². The van der Waals surface area contributed by atoms with Gasteiger partial charge in [-0.3, -0.25) is 9.59 Å². The van der Waals surface area contributed by atoms with Crippen molar-refractivity contribution >= 4 is 35.0 Å². The van der Waals surface area contributed by atoms with E-state index in [0.717, 1.165) is 16.9 Å². The van der Waals surface area contributed by atoms with E-state index >= 15 is 0 Å². The summed E-state index contributed by atoms with van der Waals surface area (Å²) >= 11 is 1.31. The number of carbonyl (C=O) groups is 2. The molecule has 160 valence electrons. The van der Waals surface area contributed by atoms with Gasteiger partial charge in [0.2, 0.25) is 11.8 Å². The van der Waals surface area contributed by atoms with Crippen molar-refractivity contribution < 1.29 is 9.59 Å². The van der Waals surface area contributed by atoms with Crippen molar-refractivity contribution in [1.29, 1.82) is 0 Å². The van der Waals surface area contributed by atoms with Gasteiger partial charge in [-0.2, -0.15) is 5.10 Å². The van der Waals surface area contributed by atoms with E-state index in [-0.39, 0.29) is 17.6 Å². The number of rotatable bonds is 7. The molecule has 2 aromatic carbocycles. The van der Waals surface area contributed by atoms with Crippen LogP contribution in [0.2, 0.25) is 0 Å². The molecular weight excluding hydrogens is 424 g/mol. The van der Waals surface area contributed by atoms with Crippen molar-refractivity contribution in [3.8, 4) is 16.9 Å². The van der Waals surface area contributed by atoms with Crippen LogP contribution in [0.3, 0.4) is 0 Å². The molecule has 0 fully saturated rings. The van der Waals surface area contributed by atoms with Gasteiger partial charge in [0.05, 0.1) is 17.1 Å². The minimum Gasteiger partial charge on any atom is -0.326 e. The van der Waals surface area contributed by atoms with Gasteiger partial charge in [-0.15, -0.1) is 10.2 Å². The summed E-state index contributed by atoms with van der Waals surface area (Å²) in [5.41, 5.74) is 4.01. The van der Waals surface area contributed by atoms with Crippen LogP contribution in [0.15, 0.2) is 84.1 Å². The summed E-state index contributed by atoms with van der Waals surface area (Å²) in [7, 11) is 0. The lowest BCUT2D eigenvalue weighted by Gasteiger charge is -2.07. The molecular formula is C23H20N6O2S. The molecule has 0 unspecified atom stereocenters. The van der Waals surface area contributed by atoms with Gasteiger partial charge in [0, 0.05) is 36.3 Å². The van der Waals surface area contributed by atoms with Gasteiger partial charge >= 0.3 is 0 Å². The van der Waals surface area contributed by atoms with Gasteiger partial charge in [-0.25, -0.2) is 4.68 Å². The summed E-state index contributed by atoms with van der Waals surface area (Å²) in [6.45, 7) is 1.45. The molecule has 8 nitrogen and oxygen atoms in total. The Balaban J connectivity index is 1.30. The zero-order valence-electron chi connectivity index (χ0n) is 17.2. The van der Waals surface area contributed by atoms with Crippen LogP contribution in [-0.2, 0) is 9.59 Å². The lowest BCUT2D eigenvalue weighted by Crippen LogP contribution is -2.14. The van der Waals surface area contributed by atoms with Gasteiger partial charge in [0.1, 0.15) is 5.03 Å². The average Bonchev–Trinajstić information content (AvgIpc) is 3.34. The molecule has 32 heavy (non-hydrogen) atoms. The molecule has 2 aromatic heterocycles. The second-order valence-corrected chi connectivity index (χ2v) is 7.85. The van der Waals surface area contributed by atoms with Crippen molar-refractivity contribution in [2.75, 3.05) is 16.4 Å². The van der Waals surface area contributed by atoms with Crippen molar-refractivity contribution in [1.82, 2.24) is 20.0 Å². The number of nitrogens with one attached hydrogen (secondary N) is 2. The zero-order valence-corrected chi connectivity index (χ0v) is 18.0. The van der Waals surface area contributed by atoms with Gasteiger partial charge < -0.3 is 10.6 Å². The molecule has 9 heteroatoms. The number of hydrogen-bond acceptors (Lipinski definition) is 6. The van der Waals surface area contributed by atoms with Crippen LogP contribution < -0.4 is 10.6 Å². The Kier molecular flexibility index (Phi) is 6.57. The predicted octanol–water partition coefficient (Wildman–Crippen LogP) is 4.02. The highest BCUT2D eigenvalue weighted by Gasteiger charge is 2.07. The van der Waals surface area contributed by atoms with E-state index in [4.69, 9.17) is 0 Å². The van der Waals surface area contributed by atoms with Crippen LogP contribution in [0.5, 0.6) is 0 Å². The third-order valence-electron chi connectivity index (χ3n) is 4.41. The molecule has 0 aliphatic heterocycles. The Morgan fingerprint density at radius 3 is 2.22 bits per heavy atom. The first-order valence-electron chi connectivity index (χ1n) is 9.81. The van der Waals surface area contributed by atoms with Gasteiger partial charge in [-0.1, -0.05) is 23.9 Å². The first kappa shape index (κ1) is 21.3.